The summed E-state index contributed by atoms with van der Waals surface area (Å²) < 4.78 is 5.52. The predicted molar refractivity (Wildman–Crippen MR) is 92.8 cm³/mol. The second kappa shape index (κ2) is 8.15. The lowest BCUT2D eigenvalue weighted by Gasteiger charge is -2.10. The van der Waals surface area contributed by atoms with Gasteiger partial charge < -0.3 is 15.8 Å². The first-order chi connectivity index (χ1) is 11.5. The highest BCUT2D eigenvalue weighted by molar-refractivity contribution is 5.92. The van der Waals surface area contributed by atoms with Gasteiger partial charge in [0.25, 0.3) is 5.91 Å². The van der Waals surface area contributed by atoms with Crippen LogP contribution in [0.4, 0.5) is 0 Å². The van der Waals surface area contributed by atoms with Crippen LogP contribution in [0.3, 0.4) is 0 Å². The van der Waals surface area contributed by atoms with E-state index in [-0.39, 0.29) is 12.5 Å². The molecule has 0 aliphatic heterocycles. The molecule has 5 heteroatoms. The number of ether oxygens (including phenoxy) is 1. The third-order valence-corrected chi connectivity index (χ3v) is 3.62. The molecule has 0 atom stereocenters. The van der Waals surface area contributed by atoms with E-state index in [1.807, 2.05) is 24.3 Å². The summed E-state index contributed by atoms with van der Waals surface area (Å²) in [5.74, 6) is 0.416. The van der Waals surface area contributed by atoms with Gasteiger partial charge in [-0.3, -0.25) is 9.59 Å². The molecule has 0 aliphatic carbocycles. The first-order valence-corrected chi connectivity index (χ1v) is 7.84. The largest absolute Gasteiger partial charge is 0.484 e. The Bertz CT molecular complexity index is 709. The third kappa shape index (κ3) is 5.12. The highest BCUT2D eigenvalue weighted by atomic mass is 16.5. The molecule has 2 rings (SSSR count). The molecule has 0 saturated heterocycles. The standard InChI is InChI=1S/C19H22N2O3/c1-13(2)16-4-3-5-17(10-16)24-12-18(22)21-11-14-6-8-15(9-7-14)19(20)23/h3-10,13H,11-12H2,1-2H3,(H2,20,23)(H,21,22). The van der Waals surface area contributed by atoms with Gasteiger partial charge in [-0.05, 0) is 41.3 Å². The van der Waals surface area contributed by atoms with Crippen LogP contribution in [0.1, 0.15) is 41.3 Å². The molecule has 5 nitrogen and oxygen atoms in total. The molecule has 24 heavy (non-hydrogen) atoms. The van der Waals surface area contributed by atoms with Crippen molar-refractivity contribution < 1.29 is 14.3 Å². The van der Waals surface area contributed by atoms with Crippen LogP contribution >= 0.6 is 0 Å². The van der Waals surface area contributed by atoms with E-state index in [0.717, 1.165) is 5.56 Å². The molecule has 2 aromatic carbocycles. The van der Waals surface area contributed by atoms with E-state index in [9.17, 15) is 9.59 Å². The molecular weight excluding hydrogens is 304 g/mol. The number of primary amides is 1. The summed E-state index contributed by atoms with van der Waals surface area (Å²) in [6.45, 7) is 4.54. The monoisotopic (exact) mass is 326 g/mol. The molecule has 0 saturated carbocycles. The fraction of sp³-hybridized carbons (Fsp3) is 0.263. The van der Waals surface area contributed by atoms with Gasteiger partial charge in [-0.2, -0.15) is 0 Å². The highest BCUT2D eigenvalue weighted by Gasteiger charge is 2.06. The van der Waals surface area contributed by atoms with Crippen LogP contribution in [0.25, 0.3) is 0 Å². The van der Waals surface area contributed by atoms with E-state index in [4.69, 9.17) is 10.5 Å². The molecule has 2 amide bonds. The average Bonchev–Trinajstić information content (AvgIpc) is 2.58. The zero-order valence-electron chi connectivity index (χ0n) is 13.9. The molecule has 0 aliphatic rings. The van der Waals surface area contributed by atoms with Gasteiger partial charge in [-0.25, -0.2) is 0 Å². The topological polar surface area (TPSA) is 81.4 Å². The lowest BCUT2D eigenvalue weighted by Crippen LogP contribution is -2.28. The quantitative estimate of drug-likeness (QED) is 0.820. The minimum atomic E-state index is -0.470. The molecule has 2 aromatic rings. The van der Waals surface area contributed by atoms with Crippen molar-refractivity contribution in [3.63, 3.8) is 0 Å². The fourth-order valence-electron chi connectivity index (χ4n) is 2.15. The summed E-state index contributed by atoms with van der Waals surface area (Å²) >= 11 is 0. The minimum Gasteiger partial charge on any atom is -0.484 e. The summed E-state index contributed by atoms with van der Waals surface area (Å²) in [5, 5.41) is 2.78. The van der Waals surface area contributed by atoms with Gasteiger partial charge in [0.2, 0.25) is 5.91 Å². The van der Waals surface area contributed by atoms with Gasteiger partial charge in [0, 0.05) is 12.1 Å². The first kappa shape index (κ1) is 17.5. The minimum absolute atomic E-state index is 0.0408. The van der Waals surface area contributed by atoms with Crippen molar-refractivity contribution in [2.75, 3.05) is 6.61 Å². The molecule has 0 spiro atoms. The van der Waals surface area contributed by atoms with Gasteiger partial charge in [0.05, 0.1) is 0 Å². The molecule has 3 N–H and O–H groups in total. The van der Waals surface area contributed by atoms with Crippen molar-refractivity contribution in [3.8, 4) is 5.75 Å². The zero-order chi connectivity index (χ0) is 17.5. The first-order valence-electron chi connectivity index (χ1n) is 7.84. The fourth-order valence-corrected chi connectivity index (χ4v) is 2.15. The molecule has 0 unspecified atom stereocenters. The van der Waals surface area contributed by atoms with Crippen molar-refractivity contribution in [1.29, 1.82) is 0 Å². The molecule has 126 valence electrons. The Labute approximate surface area is 141 Å². The van der Waals surface area contributed by atoms with Crippen LogP contribution < -0.4 is 15.8 Å². The summed E-state index contributed by atoms with van der Waals surface area (Å²) in [6.07, 6.45) is 0. The Morgan fingerprint density at radius 2 is 1.83 bits per heavy atom. The molecule has 0 bridgehead atoms. The maximum atomic E-state index is 11.9. The van der Waals surface area contributed by atoms with Crippen LogP contribution in [-0.4, -0.2) is 18.4 Å². The van der Waals surface area contributed by atoms with E-state index in [1.165, 1.54) is 5.56 Å². The van der Waals surface area contributed by atoms with Crippen LogP contribution in [0, 0.1) is 0 Å². The number of benzene rings is 2. The molecule has 0 fully saturated rings. The Balaban J connectivity index is 1.81. The Morgan fingerprint density at radius 1 is 1.12 bits per heavy atom. The van der Waals surface area contributed by atoms with Crippen LogP contribution in [-0.2, 0) is 11.3 Å². The lowest BCUT2D eigenvalue weighted by atomic mass is 10.0. The summed E-state index contributed by atoms with van der Waals surface area (Å²) in [6, 6.07) is 14.5. The van der Waals surface area contributed by atoms with Crippen LogP contribution in [0.5, 0.6) is 5.75 Å². The van der Waals surface area contributed by atoms with E-state index in [0.29, 0.717) is 23.8 Å². The normalized spacial score (nSPS) is 10.5. The van der Waals surface area contributed by atoms with Gasteiger partial charge in [-0.15, -0.1) is 0 Å². The highest BCUT2D eigenvalue weighted by Crippen LogP contribution is 2.19. The number of carbonyl (C=O) groups excluding carboxylic acids is 2. The number of hydrogen-bond acceptors (Lipinski definition) is 3. The summed E-state index contributed by atoms with van der Waals surface area (Å²) in [4.78, 5) is 22.9. The van der Waals surface area contributed by atoms with Gasteiger partial charge in [0.1, 0.15) is 5.75 Å². The SMILES string of the molecule is CC(C)c1cccc(OCC(=O)NCc2ccc(C(N)=O)cc2)c1. The van der Waals surface area contributed by atoms with E-state index >= 15 is 0 Å². The second-order valence-electron chi connectivity index (χ2n) is 5.85. The average molecular weight is 326 g/mol. The zero-order valence-corrected chi connectivity index (χ0v) is 13.9. The van der Waals surface area contributed by atoms with Crippen molar-refractivity contribution in [2.24, 2.45) is 5.73 Å². The van der Waals surface area contributed by atoms with Crippen molar-refractivity contribution in [2.45, 2.75) is 26.3 Å². The van der Waals surface area contributed by atoms with E-state index in [2.05, 4.69) is 19.2 Å². The van der Waals surface area contributed by atoms with Gasteiger partial charge in [0.15, 0.2) is 6.61 Å². The molecule has 0 aromatic heterocycles. The molecule has 0 radical (unpaired) electrons. The number of rotatable bonds is 7. The van der Waals surface area contributed by atoms with Crippen LogP contribution in [0.15, 0.2) is 48.5 Å². The smallest absolute Gasteiger partial charge is 0.258 e. The Morgan fingerprint density at radius 3 is 2.46 bits per heavy atom. The number of hydrogen-bond donors (Lipinski definition) is 2. The molecule has 0 heterocycles. The van der Waals surface area contributed by atoms with Crippen molar-refractivity contribution in [3.05, 3.63) is 65.2 Å². The third-order valence-electron chi connectivity index (χ3n) is 3.62. The lowest BCUT2D eigenvalue weighted by molar-refractivity contribution is -0.123. The maximum absolute atomic E-state index is 11.9. The van der Waals surface area contributed by atoms with Crippen LogP contribution in [0.2, 0.25) is 0 Å². The summed E-state index contributed by atoms with van der Waals surface area (Å²) in [5.41, 5.74) is 7.68. The number of nitrogens with one attached hydrogen (secondary N) is 1. The number of amides is 2. The number of carbonyl (C=O) groups is 2. The van der Waals surface area contributed by atoms with Gasteiger partial charge >= 0.3 is 0 Å². The van der Waals surface area contributed by atoms with Crippen molar-refractivity contribution >= 4 is 11.8 Å². The predicted octanol–water partition coefficient (Wildman–Crippen LogP) is 2.60. The maximum Gasteiger partial charge on any atom is 0.258 e. The van der Waals surface area contributed by atoms with Gasteiger partial charge in [-0.1, -0.05) is 38.1 Å². The second-order valence-corrected chi connectivity index (χ2v) is 5.85. The van der Waals surface area contributed by atoms with E-state index in [1.54, 1.807) is 24.3 Å². The van der Waals surface area contributed by atoms with E-state index < -0.39 is 5.91 Å². The summed E-state index contributed by atoms with van der Waals surface area (Å²) in [7, 11) is 0. The van der Waals surface area contributed by atoms with Crippen molar-refractivity contribution in [1.82, 2.24) is 5.32 Å². The number of nitrogens with two attached hydrogens (primary N) is 1. The Hall–Kier alpha value is -2.82. The molecular formula is C19H22N2O3. The Kier molecular flexibility index (Phi) is 5.95.